The lowest BCUT2D eigenvalue weighted by Gasteiger charge is -2.11. The van der Waals surface area contributed by atoms with E-state index in [-0.39, 0.29) is 28.4 Å². The molecule has 0 unspecified atom stereocenters. The Balaban J connectivity index is 1.88. The Hall–Kier alpha value is -3.04. The first kappa shape index (κ1) is 23.1. The molecule has 0 bridgehead atoms. The molecule has 0 radical (unpaired) electrons. The van der Waals surface area contributed by atoms with Crippen LogP contribution in [-0.4, -0.2) is 31.3 Å². The number of benzene rings is 2. The maximum atomic E-state index is 14.6. The number of hydrogen-bond acceptors (Lipinski definition) is 5. The summed E-state index contributed by atoms with van der Waals surface area (Å²) in [6.45, 7) is 3.18. The van der Waals surface area contributed by atoms with Gasteiger partial charge in [0.1, 0.15) is 6.73 Å². The van der Waals surface area contributed by atoms with Gasteiger partial charge in [-0.2, -0.15) is 0 Å². The maximum absolute atomic E-state index is 14.6. The van der Waals surface area contributed by atoms with Crippen LogP contribution in [0.1, 0.15) is 24.2 Å². The van der Waals surface area contributed by atoms with Gasteiger partial charge in [-0.25, -0.2) is 18.2 Å². The lowest BCUT2D eigenvalue weighted by atomic mass is 10.0. The summed E-state index contributed by atoms with van der Waals surface area (Å²) >= 11 is 0. The first-order chi connectivity index (χ1) is 15.7. The number of nitrogens with zero attached hydrogens (tertiary/aromatic N) is 2. The van der Waals surface area contributed by atoms with Gasteiger partial charge in [0, 0.05) is 34.1 Å². The van der Waals surface area contributed by atoms with E-state index in [4.69, 9.17) is 14.3 Å². The van der Waals surface area contributed by atoms with Crippen LogP contribution in [0.4, 0.5) is 13.2 Å². The molecule has 7 nitrogen and oxygen atoms in total. The minimum atomic E-state index is -2.75. The summed E-state index contributed by atoms with van der Waals surface area (Å²) in [6.07, 6.45) is 1.36. The number of aromatic nitrogens is 2. The Kier molecular flexibility index (Phi) is 6.36. The molecule has 2 heterocycles. The van der Waals surface area contributed by atoms with E-state index >= 15 is 0 Å². The number of amides is 1. The minimum Gasteiger partial charge on any atom is -0.350 e. The SMILES string of the molecule is CC(C)NC(=O)c1cccc2nc(-c3cn(COP(O)O)c4c(F)c(F)c(F)cc34)ccc12. The Labute approximate surface area is 187 Å². The van der Waals surface area contributed by atoms with E-state index in [1.165, 1.54) is 6.20 Å². The fourth-order valence-corrected chi connectivity index (χ4v) is 3.85. The minimum absolute atomic E-state index is 0.0239. The number of halogens is 3. The summed E-state index contributed by atoms with van der Waals surface area (Å²) in [5.41, 5.74) is 1.17. The lowest BCUT2D eigenvalue weighted by molar-refractivity contribution is 0.0944. The highest BCUT2D eigenvalue weighted by atomic mass is 31.2. The predicted octanol–water partition coefficient (Wildman–Crippen LogP) is 4.60. The number of rotatable bonds is 6. The van der Waals surface area contributed by atoms with Gasteiger partial charge in [0.05, 0.1) is 16.7 Å². The molecule has 2 aromatic heterocycles. The Morgan fingerprint density at radius 1 is 1.15 bits per heavy atom. The van der Waals surface area contributed by atoms with Crippen molar-refractivity contribution in [3.8, 4) is 11.3 Å². The molecule has 0 spiro atoms. The van der Waals surface area contributed by atoms with Crippen molar-refractivity contribution < 1.29 is 32.3 Å². The lowest BCUT2D eigenvalue weighted by Crippen LogP contribution is -2.30. The van der Waals surface area contributed by atoms with Crippen LogP contribution in [0.2, 0.25) is 0 Å². The highest BCUT2D eigenvalue weighted by molar-refractivity contribution is 7.39. The second kappa shape index (κ2) is 9.07. The van der Waals surface area contributed by atoms with Crippen molar-refractivity contribution in [1.29, 1.82) is 0 Å². The van der Waals surface area contributed by atoms with Crippen molar-refractivity contribution in [3.05, 3.63) is 65.6 Å². The molecule has 0 aliphatic rings. The van der Waals surface area contributed by atoms with Crippen molar-refractivity contribution in [1.82, 2.24) is 14.9 Å². The molecule has 2 aromatic carbocycles. The summed E-state index contributed by atoms with van der Waals surface area (Å²) in [4.78, 5) is 35.1. The fraction of sp³-hybridized carbons (Fsp3) is 0.182. The highest BCUT2D eigenvalue weighted by Gasteiger charge is 2.22. The summed E-state index contributed by atoms with van der Waals surface area (Å²) in [6, 6.07) is 9.07. The van der Waals surface area contributed by atoms with Gasteiger partial charge in [0.15, 0.2) is 17.5 Å². The van der Waals surface area contributed by atoms with Crippen LogP contribution in [0.15, 0.2) is 42.6 Å². The number of nitrogens with one attached hydrogen (secondary N) is 1. The van der Waals surface area contributed by atoms with Gasteiger partial charge in [-0.05, 0) is 44.2 Å². The van der Waals surface area contributed by atoms with Crippen LogP contribution in [-0.2, 0) is 11.3 Å². The first-order valence-corrected chi connectivity index (χ1v) is 11.0. The van der Waals surface area contributed by atoms with Gasteiger partial charge in [-0.3, -0.25) is 9.32 Å². The number of fused-ring (bicyclic) bond motifs is 2. The van der Waals surface area contributed by atoms with Crippen molar-refractivity contribution in [3.63, 3.8) is 0 Å². The van der Waals surface area contributed by atoms with E-state index in [1.807, 2.05) is 13.8 Å². The zero-order valence-corrected chi connectivity index (χ0v) is 18.4. The zero-order valence-electron chi connectivity index (χ0n) is 17.5. The third-order valence-corrected chi connectivity index (χ3v) is 5.33. The van der Waals surface area contributed by atoms with Gasteiger partial charge < -0.3 is 19.7 Å². The second-order valence-electron chi connectivity index (χ2n) is 7.60. The zero-order chi connectivity index (χ0) is 23.9. The molecular weight excluding hydrogens is 458 g/mol. The van der Waals surface area contributed by atoms with Gasteiger partial charge in [-0.15, -0.1) is 0 Å². The smallest absolute Gasteiger partial charge is 0.328 e. The van der Waals surface area contributed by atoms with Crippen LogP contribution >= 0.6 is 8.60 Å². The van der Waals surface area contributed by atoms with Gasteiger partial charge in [0.25, 0.3) is 5.91 Å². The van der Waals surface area contributed by atoms with E-state index in [9.17, 15) is 18.0 Å². The summed E-state index contributed by atoms with van der Waals surface area (Å²) in [7, 11) is -2.75. The topological polar surface area (TPSA) is 96.6 Å². The molecule has 0 aliphatic heterocycles. The molecule has 1 amide bonds. The molecule has 11 heteroatoms. The standard InChI is InChI=1S/C22H19F3N3O4P/c1-11(2)26-22(29)13-4-3-5-17-12(13)6-7-18(27-17)15-9-28(10-32-33(30)31)21-14(15)8-16(23)19(24)20(21)25/h3-9,11,30-31H,10H2,1-2H3,(H,26,29). The quantitative estimate of drug-likeness (QED) is 0.279. The average Bonchev–Trinajstić information content (AvgIpc) is 3.13. The molecule has 33 heavy (non-hydrogen) atoms. The summed E-state index contributed by atoms with van der Waals surface area (Å²) in [5.74, 6) is -4.73. The molecule has 0 saturated heterocycles. The first-order valence-electron chi connectivity index (χ1n) is 9.85. The van der Waals surface area contributed by atoms with Gasteiger partial charge in [0.2, 0.25) is 0 Å². The third kappa shape index (κ3) is 4.43. The maximum Gasteiger partial charge on any atom is 0.328 e. The number of hydrogen-bond donors (Lipinski definition) is 3. The largest absolute Gasteiger partial charge is 0.350 e. The number of carbonyl (C=O) groups is 1. The molecule has 172 valence electrons. The third-order valence-electron chi connectivity index (χ3n) is 4.98. The van der Waals surface area contributed by atoms with Crippen molar-refractivity contribution in [2.75, 3.05) is 0 Å². The number of pyridine rings is 1. The molecule has 4 aromatic rings. The molecular formula is C22H19F3N3O4P. The van der Waals surface area contributed by atoms with E-state index in [0.29, 0.717) is 22.2 Å². The molecule has 0 saturated carbocycles. The number of carbonyl (C=O) groups excluding carboxylic acids is 1. The van der Waals surface area contributed by atoms with Crippen LogP contribution in [0, 0.1) is 17.5 Å². The van der Waals surface area contributed by atoms with Gasteiger partial charge in [-0.1, -0.05) is 6.07 Å². The molecule has 0 aliphatic carbocycles. The van der Waals surface area contributed by atoms with E-state index in [2.05, 4.69) is 10.3 Å². The van der Waals surface area contributed by atoms with Crippen molar-refractivity contribution in [2.24, 2.45) is 0 Å². The summed E-state index contributed by atoms with van der Waals surface area (Å²) in [5, 5.41) is 3.43. The molecule has 0 atom stereocenters. The Morgan fingerprint density at radius 3 is 2.61 bits per heavy atom. The normalized spacial score (nSPS) is 11.8. The monoisotopic (exact) mass is 477 g/mol. The molecule has 4 rings (SSSR count). The molecule has 3 N–H and O–H groups in total. The van der Waals surface area contributed by atoms with Crippen LogP contribution in [0.3, 0.4) is 0 Å². The van der Waals surface area contributed by atoms with E-state index in [1.54, 1.807) is 30.3 Å². The Morgan fingerprint density at radius 2 is 1.91 bits per heavy atom. The van der Waals surface area contributed by atoms with Crippen molar-refractivity contribution >= 4 is 36.3 Å². The van der Waals surface area contributed by atoms with Crippen molar-refractivity contribution in [2.45, 2.75) is 26.6 Å². The van der Waals surface area contributed by atoms with Crippen LogP contribution in [0.25, 0.3) is 33.1 Å². The van der Waals surface area contributed by atoms with E-state index < -0.39 is 32.8 Å². The van der Waals surface area contributed by atoms with Gasteiger partial charge >= 0.3 is 8.60 Å². The molecule has 0 fully saturated rings. The highest BCUT2D eigenvalue weighted by Crippen LogP contribution is 2.35. The van der Waals surface area contributed by atoms with Crippen LogP contribution in [0.5, 0.6) is 0 Å². The fourth-order valence-electron chi connectivity index (χ4n) is 3.62. The Bertz CT molecular complexity index is 1370. The predicted molar refractivity (Wildman–Crippen MR) is 118 cm³/mol. The second-order valence-corrected chi connectivity index (χ2v) is 8.37. The summed E-state index contributed by atoms with van der Waals surface area (Å²) < 4.78 is 48.4. The average molecular weight is 477 g/mol. The van der Waals surface area contributed by atoms with Crippen LogP contribution < -0.4 is 5.32 Å². The van der Waals surface area contributed by atoms with E-state index in [0.717, 1.165) is 10.6 Å².